The van der Waals surface area contributed by atoms with E-state index in [1.807, 2.05) is 0 Å². The van der Waals surface area contributed by atoms with E-state index >= 15 is 0 Å². The molecule has 9 nitrogen and oxygen atoms in total. The van der Waals surface area contributed by atoms with Crippen LogP contribution in [0.2, 0.25) is 0 Å². The van der Waals surface area contributed by atoms with Crippen LogP contribution in [0.1, 0.15) is 31.1 Å². The molecule has 1 aliphatic heterocycles. The molecule has 0 saturated carbocycles. The van der Waals surface area contributed by atoms with Crippen LogP contribution in [0.4, 0.5) is 0 Å². The summed E-state index contributed by atoms with van der Waals surface area (Å²) in [6, 6.07) is 6.15. The van der Waals surface area contributed by atoms with E-state index in [0.717, 1.165) is 4.68 Å². The summed E-state index contributed by atoms with van der Waals surface area (Å²) in [5, 5.41) is 4.22. The van der Waals surface area contributed by atoms with Gasteiger partial charge in [0.15, 0.2) is 0 Å². The summed E-state index contributed by atoms with van der Waals surface area (Å²) in [6.45, 7) is -0.385. The molecule has 0 N–H and O–H groups in total. The molecule has 2 heterocycles. The average Bonchev–Trinajstić information content (AvgIpc) is 3.14. The lowest BCUT2D eigenvalue weighted by Crippen LogP contribution is -2.34. The van der Waals surface area contributed by atoms with Gasteiger partial charge in [-0.25, -0.2) is 9.59 Å². The van der Waals surface area contributed by atoms with Crippen LogP contribution in [0.15, 0.2) is 36.7 Å². The van der Waals surface area contributed by atoms with Gasteiger partial charge in [-0.05, 0) is 12.1 Å². The third-order valence-electron chi connectivity index (χ3n) is 3.30. The van der Waals surface area contributed by atoms with Crippen molar-refractivity contribution < 1.29 is 28.8 Å². The molecule has 2 amide bonds. The van der Waals surface area contributed by atoms with Gasteiger partial charge < -0.3 is 9.57 Å². The first-order valence-electron chi connectivity index (χ1n) is 6.80. The van der Waals surface area contributed by atoms with Crippen LogP contribution in [-0.2, 0) is 20.9 Å². The van der Waals surface area contributed by atoms with Crippen LogP contribution < -0.4 is 0 Å². The number of imide groups is 1. The highest BCUT2D eigenvalue weighted by molar-refractivity contribution is 6.20. The minimum absolute atomic E-state index is 0.158. The maximum Gasteiger partial charge on any atom is 0.354 e. The molecule has 0 saturated heterocycles. The number of hydrogen-bond donors (Lipinski definition) is 0. The van der Waals surface area contributed by atoms with Gasteiger partial charge in [-0.2, -0.15) is 5.10 Å². The second-order valence-electron chi connectivity index (χ2n) is 4.83. The largest absolute Gasteiger partial charge is 0.465 e. The van der Waals surface area contributed by atoms with E-state index in [0.29, 0.717) is 5.06 Å². The van der Waals surface area contributed by atoms with Crippen LogP contribution in [0.3, 0.4) is 0 Å². The monoisotopic (exact) mass is 329 g/mol. The summed E-state index contributed by atoms with van der Waals surface area (Å²) in [5.74, 6) is -2.90. The SMILES string of the molecule is COC(=O)c1cnn(CC(=O)ON2C(=O)c3ccccc3C2=O)c1. The number of aromatic nitrogens is 2. The number of rotatable bonds is 4. The number of carbonyl (C=O) groups excluding carboxylic acids is 4. The second-order valence-corrected chi connectivity index (χ2v) is 4.83. The Bertz CT molecular complexity index is 821. The van der Waals surface area contributed by atoms with Crippen LogP contribution in [-0.4, -0.2) is 45.7 Å². The molecule has 2 aromatic rings. The van der Waals surface area contributed by atoms with Crippen LogP contribution in [0, 0.1) is 0 Å². The number of carbonyl (C=O) groups is 4. The lowest BCUT2D eigenvalue weighted by atomic mass is 10.1. The molecular weight excluding hydrogens is 318 g/mol. The van der Waals surface area contributed by atoms with E-state index in [-0.39, 0.29) is 23.2 Å². The molecule has 0 radical (unpaired) electrons. The van der Waals surface area contributed by atoms with E-state index in [4.69, 9.17) is 4.84 Å². The van der Waals surface area contributed by atoms with E-state index < -0.39 is 23.8 Å². The molecule has 0 atom stereocenters. The summed E-state index contributed by atoms with van der Waals surface area (Å²) in [7, 11) is 1.22. The van der Waals surface area contributed by atoms with E-state index in [1.54, 1.807) is 12.1 Å². The van der Waals surface area contributed by atoms with Crippen LogP contribution in [0.25, 0.3) is 0 Å². The maximum atomic E-state index is 12.1. The zero-order chi connectivity index (χ0) is 17.3. The fraction of sp³-hybridized carbons (Fsp3) is 0.133. The fourth-order valence-electron chi connectivity index (χ4n) is 2.19. The molecule has 0 bridgehead atoms. The van der Waals surface area contributed by atoms with Crippen LogP contribution in [0.5, 0.6) is 0 Å². The lowest BCUT2D eigenvalue weighted by Gasteiger charge is -2.12. The first kappa shape index (κ1) is 15.4. The first-order valence-corrected chi connectivity index (χ1v) is 6.80. The lowest BCUT2D eigenvalue weighted by molar-refractivity contribution is -0.169. The third kappa shape index (κ3) is 2.62. The molecule has 0 unspecified atom stereocenters. The third-order valence-corrected chi connectivity index (χ3v) is 3.30. The Labute approximate surface area is 135 Å². The first-order chi connectivity index (χ1) is 11.5. The van der Waals surface area contributed by atoms with Crippen molar-refractivity contribution in [3.05, 3.63) is 53.3 Å². The summed E-state index contributed by atoms with van der Waals surface area (Å²) in [4.78, 5) is 52.2. The minimum atomic E-state index is -0.885. The maximum absolute atomic E-state index is 12.1. The Kier molecular flexibility index (Phi) is 3.82. The Hall–Kier alpha value is -3.49. The quantitative estimate of drug-likeness (QED) is 0.591. The predicted molar refractivity (Wildman–Crippen MR) is 76.6 cm³/mol. The normalized spacial score (nSPS) is 13.0. The molecule has 0 aliphatic carbocycles. The van der Waals surface area contributed by atoms with Gasteiger partial charge >= 0.3 is 11.9 Å². The summed E-state index contributed by atoms with van der Waals surface area (Å²) in [5.41, 5.74) is 0.496. The number of hydrogen-bond acceptors (Lipinski definition) is 7. The topological polar surface area (TPSA) is 108 Å². The van der Waals surface area contributed by atoms with Crippen molar-refractivity contribution in [2.45, 2.75) is 6.54 Å². The minimum Gasteiger partial charge on any atom is -0.465 e. The van der Waals surface area contributed by atoms with Crippen molar-refractivity contribution in [1.82, 2.24) is 14.8 Å². The number of esters is 1. The Morgan fingerprint density at radius 1 is 1.12 bits per heavy atom. The van der Waals surface area contributed by atoms with Gasteiger partial charge in [0.25, 0.3) is 11.8 Å². The summed E-state index contributed by atoms with van der Waals surface area (Å²) in [6.07, 6.45) is 2.51. The number of fused-ring (bicyclic) bond motifs is 1. The highest BCUT2D eigenvalue weighted by Crippen LogP contribution is 2.22. The second kappa shape index (κ2) is 5.95. The van der Waals surface area contributed by atoms with E-state index in [9.17, 15) is 19.2 Å². The van der Waals surface area contributed by atoms with Crippen molar-refractivity contribution in [3.63, 3.8) is 0 Å². The molecule has 9 heteroatoms. The summed E-state index contributed by atoms with van der Waals surface area (Å²) >= 11 is 0. The van der Waals surface area contributed by atoms with E-state index in [1.165, 1.54) is 31.6 Å². The molecule has 1 aromatic carbocycles. The molecule has 1 aliphatic rings. The van der Waals surface area contributed by atoms with Gasteiger partial charge in [0.05, 0.1) is 30.0 Å². The van der Waals surface area contributed by atoms with Crippen molar-refractivity contribution >= 4 is 23.8 Å². The van der Waals surface area contributed by atoms with Crippen molar-refractivity contribution in [2.75, 3.05) is 7.11 Å². The Balaban J connectivity index is 1.68. The van der Waals surface area contributed by atoms with Gasteiger partial charge in [-0.1, -0.05) is 17.2 Å². The zero-order valence-electron chi connectivity index (χ0n) is 12.5. The van der Waals surface area contributed by atoms with Crippen molar-refractivity contribution in [2.24, 2.45) is 0 Å². The number of nitrogens with zero attached hydrogens (tertiary/aromatic N) is 3. The van der Waals surface area contributed by atoms with Gasteiger partial charge in [0.1, 0.15) is 6.54 Å². The molecular formula is C15H11N3O6. The predicted octanol–water partition coefficient (Wildman–Crippen LogP) is 0.424. The summed E-state index contributed by atoms with van der Waals surface area (Å²) < 4.78 is 5.65. The highest BCUT2D eigenvalue weighted by atomic mass is 16.7. The van der Waals surface area contributed by atoms with Gasteiger partial charge in [-0.3, -0.25) is 14.3 Å². The molecule has 0 fully saturated rings. The number of ether oxygens (including phenoxy) is 1. The van der Waals surface area contributed by atoms with Crippen molar-refractivity contribution in [3.8, 4) is 0 Å². The highest BCUT2D eigenvalue weighted by Gasteiger charge is 2.38. The van der Waals surface area contributed by atoms with Crippen LogP contribution >= 0.6 is 0 Å². The van der Waals surface area contributed by atoms with Gasteiger partial charge in [-0.15, -0.1) is 0 Å². The van der Waals surface area contributed by atoms with Gasteiger partial charge in [0, 0.05) is 6.20 Å². The fourth-order valence-corrected chi connectivity index (χ4v) is 2.19. The number of benzene rings is 1. The van der Waals surface area contributed by atoms with Gasteiger partial charge in [0.2, 0.25) is 0 Å². The standard InChI is InChI=1S/C15H11N3O6/c1-23-15(22)9-6-16-17(7-9)8-12(19)24-18-13(20)10-4-2-3-5-11(10)14(18)21/h2-7H,8H2,1H3. The average molecular weight is 329 g/mol. The molecule has 1 aromatic heterocycles. The molecule has 3 rings (SSSR count). The van der Waals surface area contributed by atoms with E-state index in [2.05, 4.69) is 9.84 Å². The Morgan fingerprint density at radius 2 is 1.75 bits per heavy atom. The number of hydroxylamine groups is 2. The Morgan fingerprint density at radius 3 is 2.33 bits per heavy atom. The van der Waals surface area contributed by atoms with Crippen molar-refractivity contribution in [1.29, 1.82) is 0 Å². The number of methoxy groups -OCH3 is 1. The zero-order valence-corrected chi connectivity index (χ0v) is 12.5. The smallest absolute Gasteiger partial charge is 0.354 e. The molecule has 0 spiro atoms. The molecule has 122 valence electrons. The molecule has 24 heavy (non-hydrogen) atoms. The number of amides is 2.